The molecule has 0 N–H and O–H groups in total. The highest BCUT2D eigenvalue weighted by molar-refractivity contribution is 5.83. The van der Waals surface area contributed by atoms with Crippen LogP contribution in [0.1, 0.15) is 22.3 Å². The quantitative estimate of drug-likeness (QED) is 0.435. The van der Waals surface area contributed by atoms with Crippen LogP contribution in [-0.4, -0.2) is 0 Å². The smallest absolute Gasteiger partial charge is 0.00130 e. The zero-order valence-corrected chi connectivity index (χ0v) is 11.7. The topological polar surface area (TPSA) is 0 Å². The van der Waals surface area contributed by atoms with Crippen molar-refractivity contribution in [3.05, 3.63) is 82.9 Å². The van der Waals surface area contributed by atoms with Crippen LogP contribution < -0.4 is 0 Å². The van der Waals surface area contributed by atoms with Crippen LogP contribution in [0.4, 0.5) is 0 Å². The molecule has 5 rings (SSSR count). The number of benzene rings is 3. The summed E-state index contributed by atoms with van der Waals surface area (Å²) in [4.78, 5) is 0. The normalized spacial score (nSPS) is 14.1. The van der Waals surface area contributed by atoms with E-state index in [1.807, 2.05) is 12.1 Å². The molecular formula is C21H14. The minimum atomic E-state index is 1.05. The molecule has 0 spiro atoms. The van der Waals surface area contributed by atoms with Crippen molar-refractivity contribution in [3.63, 3.8) is 0 Å². The molecule has 2 aliphatic rings. The van der Waals surface area contributed by atoms with E-state index in [-0.39, 0.29) is 0 Å². The molecular weight excluding hydrogens is 252 g/mol. The fourth-order valence-electron chi connectivity index (χ4n) is 3.83. The molecule has 2 aliphatic carbocycles. The number of aryl methyl sites for hydroxylation is 2. The first-order chi connectivity index (χ1) is 10.4. The van der Waals surface area contributed by atoms with E-state index in [1.54, 1.807) is 0 Å². The second-order valence-corrected chi connectivity index (χ2v) is 6.01. The molecule has 3 aromatic rings. The van der Waals surface area contributed by atoms with Crippen molar-refractivity contribution in [2.45, 2.75) is 19.3 Å². The van der Waals surface area contributed by atoms with E-state index in [2.05, 4.69) is 48.5 Å². The molecule has 0 unspecified atom stereocenters. The third-order valence-electron chi connectivity index (χ3n) is 4.85. The zero-order valence-electron chi connectivity index (χ0n) is 11.7. The Bertz CT molecular complexity index is 871. The SMILES string of the molecule is [c]1ccc2c(c1)CCc1cc3c(cc1-2)Cc1c[c]ccc1-3. The minimum Gasteiger partial charge on any atom is -0.0537 e. The minimum absolute atomic E-state index is 1.05. The first-order valence-corrected chi connectivity index (χ1v) is 7.54. The average molecular weight is 266 g/mol. The molecule has 98 valence electrons. The van der Waals surface area contributed by atoms with Crippen molar-refractivity contribution >= 4 is 0 Å². The first kappa shape index (κ1) is 11.3. The Labute approximate surface area is 125 Å². The van der Waals surface area contributed by atoms with Crippen molar-refractivity contribution in [1.82, 2.24) is 0 Å². The van der Waals surface area contributed by atoms with Gasteiger partial charge in [-0.15, -0.1) is 0 Å². The van der Waals surface area contributed by atoms with Gasteiger partial charge >= 0.3 is 0 Å². The lowest BCUT2D eigenvalue weighted by molar-refractivity contribution is 0.941. The molecule has 0 heteroatoms. The summed E-state index contributed by atoms with van der Waals surface area (Å²) in [5.74, 6) is 0. The van der Waals surface area contributed by atoms with Gasteiger partial charge in [-0.1, -0.05) is 42.5 Å². The van der Waals surface area contributed by atoms with Crippen molar-refractivity contribution in [1.29, 1.82) is 0 Å². The van der Waals surface area contributed by atoms with E-state index in [0.29, 0.717) is 0 Å². The lowest BCUT2D eigenvalue weighted by atomic mass is 9.83. The summed E-state index contributed by atoms with van der Waals surface area (Å²) in [5.41, 5.74) is 11.5. The molecule has 0 aliphatic heterocycles. The van der Waals surface area contributed by atoms with Gasteiger partial charge in [0.2, 0.25) is 0 Å². The largest absolute Gasteiger partial charge is 0.0537 e. The van der Waals surface area contributed by atoms with Gasteiger partial charge in [-0.3, -0.25) is 0 Å². The van der Waals surface area contributed by atoms with Gasteiger partial charge in [-0.25, -0.2) is 0 Å². The number of fused-ring (bicyclic) bond motifs is 6. The maximum atomic E-state index is 3.21. The van der Waals surface area contributed by atoms with Gasteiger partial charge in [0.05, 0.1) is 0 Å². The summed E-state index contributed by atoms with van der Waals surface area (Å²) in [5, 5.41) is 0. The Morgan fingerprint density at radius 3 is 2.10 bits per heavy atom. The summed E-state index contributed by atoms with van der Waals surface area (Å²) < 4.78 is 0. The molecule has 0 nitrogen and oxygen atoms in total. The molecule has 0 amide bonds. The molecule has 0 atom stereocenters. The monoisotopic (exact) mass is 266 g/mol. The second kappa shape index (κ2) is 4.08. The molecule has 2 radical (unpaired) electrons. The lowest BCUT2D eigenvalue weighted by Crippen LogP contribution is -2.04. The molecule has 0 aromatic heterocycles. The predicted octanol–water partition coefficient (Wildman–Crippen LogP) is 4.62. The van der Waals surface area contributed by atoms with E-state index in [9.17, 15) is 0 Å². The van der Waals surface area contributed by atoms with E-state index in [4.69, 9.17) is 0 Å². The predicted molar refractivity (Wildman–Crippen MR) is 85.2 cm³/mol. The fourth-order valence-corrected chi connectivity index (χ4v) is 3.83. The van der Waals surface area contributed by atoms with Gasteiger partial charge in [0.25, 0.3) is 0 Å². The van der Waals surface area contributed by atoms with Crippen molar-refractivity contribution in [2.24, 2.45) is 0 Å². The standard InChI is InChI=1S/C21H14/c1-3-7-18-14(5-1)9-10-16-12-21-17(13-20(16)18)11-15-6-2-4-8-19(15)21/h3-8,12-13H,9-11H2. The van der Waals surface area contributed by atoms with Crippen LogP contribution in [-0.2, 0) is 19.3 Å². The molecule has 0 bridgehead atoms. The van der Waals surface area contributed by atoms with Crippen LogP contribution in [0.3, 0.4) is 0 Å². The van der Waals surface area contributed by atoms with E-state index < -0.39 is 0 Å². The molecule has 0 fully saturated rings. The highest BCUT2D eigenvalue weighted by atomic mass is 14.3. The lowest BCUT2D eigenvalue weighted by Gasteiger charge is -2.21. The van der Waals surface area contributed by atoms with Crippen LogP contribution in [0, 0.1) is 12.1 Å². The summed E-state index contributed by atoms with van der Waals surface area (Å²) in [6, 6.07) is 24.0. The number of hydrogen-bond donors (Lipinski definition) is 0. The summed E-state index contributed by atoms with van der Waals surface area (Å²) in [7, 11) is 0. The molecule has 3 aromatic carbocycles. The van der Waals surface area contributed by atoms with E-state index in [0.717, 1.165) is 19.3 Å². The van der Waals surface area contributed by atoms with Crippen LogP contribution >= 0.6 is 0 Å². The van der Waals surface area contributed by atoms with Crippen LogP contribution in [0.5, 0.6) is 0 Å². The Morgan fingerprint density at radius 1 is 0.619 bits per heavy atom. The van der Waals surface area contributed by atoms with Crippen molar-refractivity contribution in [3.8, 4) is 22.3 Å². The third-order valence-corrected chi connectivity index (χ3v) is 4.85. The molecule has 0 heterocycles. The van der Waals surface area contributed by atoms with E-state index in [1.165, 1.54) is 44.5 Å². The molecule has 0 saturated heterocycles. The molecule has 21 heavy (non-hydrogen) atoms. The van der Waals surface area contributed by atoms with Gasteiger partial charge < -0.3 is 0 Å². The second-order valence-electron chi connectivity index (χ2n) is 6.01. The number of rotatable bonds is 0. The van der Waals surface area contributed by atoms with Crippen LogP contribution in [0.2, 0.25) is 0 Å². The third kappa shape index (κ3) is 1.56. The highest BCUT2D eigenvalue weighted by Crippen LogP contribution is 2.42. The Balaban J connectivity index is 1.76. The van der Waals surface area contributed by atoms with Gasteiger partial charge in [-0.2, -0.15) is 0 Å². The maximum Gasteiger partial charge on any atom is -0.00130 e. The zero-order chi connectivity index (χ0) is 13.8. The molecule has 0 saturated carbocycles. The van der Waals surface area contributed by atoms with Gasteiger partial charge in [0.1, 0.15) is 0 Å². The summed E-state index contributed by atoms with van der Waals surface area (Å²) in [6.07, 6.45) is 3.32. The highest BCUT2D eigenvalue weighted by Gasteiger charge is 2.23. The van der Waals surface area contributed by atoms with Crippen LogP contribution in [0.15, 0.2) is 48.5 Å². The Morgan fingerprint density at radius 2 is 1.24 bits per heavy atom. The Hall–Kier alpha value is -2.34. The van der Waals surface area contributed by atoms with Gasteiger partial charge in [0, 0.05) is 0 Å². The fraction of sp³-hybridized carbons (Fsp3) is 0.143. The Kier molecular flexibility index (Phi) is 2.20. The van der Waals surface area contributed by atoms with Gasteiger partial charge in [0.15, 0.2) is 0 Å². The van der Waals surface area contributed by atoms with E-state index >= 15 is 0 Å². The van der Waals surface area contributed by atoms with Crippen molar-refractivity contribution in [2.75, 3.05) is 0 Å². The van der Waals surface area contributed by atoms with Crippen molar-refractivity contribution < 1.29 is 0 Å². The first-order valence-electron chi connectivity index (χ1n) is 7.54. The summed E-state index contributed by atoms with van der Waals surface area (Å²) in [6.45, 7) is 0. The van der Waals surface area contributed by atoms with Crippen LogP contribution in [0.25, 0.3) is 22.3 Å². The maximum absolute atomic E-state index is 3.21. The summed E-state index contributed by atoms with van der Waals surface area (Å²) >= 11 is 0. The van der Waals surface area contributed by atoms with Gasteiger partial charge in [-0.05, 0) is 82.0 Å². The number of hydrogen-bond acceptors (Lipinski definition) is 0. The average Bonchev–Trinajstić information content (AvgIpc) is 2.90.